The lowest BCUT2D eigenvalue weighted by atomic mass is 10.2. The standard InChI is InChI=1S/C4H6O6S2/c5-12(6)8-2-4(10-12)3-1-7-11-9-3/h3-4H,1-2H2. The van der Waals surface area contributed by atoms with Gasteiger partial charge in [0.15, 0.2) is 12.3 Å². The Hall–Kier alpha value is 0.140. The van der Waals surface area contributed by atoms with Crippen LogP contribution in [-0.2, 0) is 27.1 Å². The zero-order valence-corrected chi connectivity index (χ0v) is 7.47. The fourth-order valence-corrected chi connectivity index (χ4v) is 2.26. The van der Waals surface area contributed by atoms with Crippen LogP contribution in [0, 0.1) is 0 Å². The van der Waals surface area contributed by atoms with Crippen molar-refractivity contribution in [1.29, 1.82) is 0 Å². The van der Waals surface area contributed by atoms with E-state index in [2.05, 4.69) is 8.37 Å². The Morgan fingerprint density at radius 1 is 1.25 bits per heavy atom. The highest BCUT2D eigenvalue weighted by Gasteiger charge is 2.39. The third-order valence-electron chi connectivity index (χ3n) is 1.48. The summed E-state index contributed by atoms with van der Waals surface area (Å²) in [5.74, 6) is 0. The van der Waals surface area contributed by atoms with Gasteiger partial charge >= 0.3 is 10.4 Å². The second-order valence-corrected chi connectivity index (χ2v) is 4.12. The van der Waals surface area contributed by atoms with Crippen LogP contribution in [0.15, 0.2) is 0 Å². The molecule has 0 aliphatic carbocycles. The van der Waals surface area contributed by atoms with Gasteiger partial charge in [0.1, 0.15) is 12.2 Å². The van der Waals surface area contributed by atoms with Crippen LogP contribution in [0.1, 0.15) is 0 Å². The van der Waals surface area contributed by atoms with Crippen molar-refractivity contribution >= 4 is 22.7 Å². The van der Waals surface area contributed by atoms with Gasteiger partial charge in [0.2, 0.25) is 0 Å². The fraction of sp³-hybridized carbons (Fsp3) is 1.00. The van der Waals surface area contributed by atoms with Gasteiger partial charge in [-0.3, -0.25) is 8.37 Å². The number of hydrogen-bond donors (Lipinski definition) is 0. The van der Waals surface area contributed by atoms with Crippen LogP contribution < -0.4 is 0 Å². The molecule has 0 aromatic heterocycles. The molecular weight excluding hydrogens is 208 g/mol. The van der Waals surface area contributed by atoms with E-state index in [9.17, 15) is 8.42 Å². The van der Waals surface area contributed by atoms with Gasteiger partial charge in [-0.1, -0.05) is 0 Å². The highest BCUT2D eigenvalue weighted by Crippen LogP contribution is 2.26. The van der Waals surface area contributed by atoms with E-state index in [1.54, 1.807) is 0 Å². The molecule has 2 unspecified atom stereocenters. The van der Waals surface area contributed by atoms with Crippen molar-refractivity contribution in [1.82, 2.24) is 0 Å². The van der Waals surface area contributed by atoms with Gasteiger partial charge in [0, 0.05) is 0 Å². The normalized spacial score (nSPS) is 40.3. The Bertz CT molecular complexity index is 255. The van der Waals surface area contributed by atoms with Crippen LogP contribution in [0.2, 0.25) is 0 Å². The summed E-state index contributed by atoms with van der Waals surface area (Å²) in [5, 5.41) is 0. The average molecular weight is 214 g/mol. The first kappa shape index (κ1) is 8.73. The predicted octanol–water partition coefficient (Wildman–Crippen LogP) is -0.375. The monoisotopic (exact) mass is 214 g/mol. The molecule has 2 aliphatic rings. The number of rotatable bonds is 1. The summed E-state index contributed by atoms with van der Waals surface area (Å²) in [5.41, 5.74) is 0. The van der Waals surface area contributed by atoms with Gasteiger partial charge in [-0.2, -0.15) is 8.42 Å². The summed E-state index contributed by atoms with van der Waals surface area (Å²) in [6, 6.07) is 0. The third-order valence-corrected chi connectivity index (χ3v) is 2.94. The van der Waals surface area contributed by atoms with Crippen molar-refractivity contribution in [3.8, 4) is 0 Å². The summed E-state index contributed by atoms with van der Waals surface area (Å²) in [7, 11) is -3.78. The molecule has 70 valence electrons. The predicted molar refractivity (Wildman–Crippen MR) is 38.2 cm³/mol. The quantitative estimate of drug-likeness (QED) is 0.551. The highest BCUT2D eigenvalue weighted by molar-refractivity contribution is 7.90. The smallest absolute Gasteiger partial charge is 0.288 e. The first-order valence-corrected chi connectivity index (χ1v) is 5.20. The van der Waals surface area contributed by atoms with Crippen molar-refractivity contribution in [3.63, 3.8) is 0 Å². The maximum Gasteiger partial charge on any atom is 0.400 e. The van der Waals surface area contributed by atoms with E-state index in [-0.39, 0.29) is 12.7 Å². The van der Waals surface area contributed by atoms with Gasteiger partial charge in [0.05, 0.1) is 13.2 Å². The molecule has 6 nitrogen and oxygen atoms in total. The first-order chi connectivity index (χ1) is 5.67. The average Bonchev–Trinajstić information content (AvgIpc) is 2.55. The van der Waals surface area contributed by atoms with E-state index < -0.39 is 16.5 Å². The molecule has 0 spiro atoms. The molecule has 2 rings (SSSR count). The lowest BCUT2D eigenvalue weighted by Crippen LogP contribution is -2.29. The second kappa shape index (κ2) is 3.13. The van der Waals surface area contributed by atoms with E-state index in [1.807, 2.05) is 0 Å². The molecule has 0 aromatic rings. The number of hydrogen-bond acceptors (Lipinski definition) is 7. The Kier molecular flexibility index (Phi) is 2.27. The zero-order valence-electron chi connectivity index (χ0n) is 5.83. The van der Waals surface area contributed by atoms with Gasteiger partial charge < -0.3 is 0 Å². The molecule has 2 aliphatic heterocycles. The Labute approximate surface area is 73.9 Å². The summed E-state index contributed by atoms with van der Waals surface area (Å²) < 4.78 is 40.0. The van der Waals surface area contributed by atoms with Crippen LogP contribution in [0.5, 0.6) is 0 Å². The van der Waals surface area contributed by atoms with E-state index in [1.165, 1.54) is 0 Å². The molecule has 2 atom stereocenters. The molecule has 0 radical (unpaired) electrons. The molecule has 0 bridgehead atoms. The van der Waals surface area contributed by atoms with Crippen LogP contribution in [0.4, 0.5) is 0 Å². The topological polar surface area (TPSA) is 71.1 Å². The molecule has 0 saturated carbocycles. The Morgan fingerprint density at radius 3 is 2.58 bits per heavy atom. The minimum atomic E-state index is -3.78. The summed E-state index contributed by atoms with van der Waals surface area (Å²) in [6.45, 7) is 0.311. The van der Waals surface area contributed by atoms with E-state index in [0.29, 0.717) is 6.61 Å². The van der Waals surface area contributed by atoms with Gasteiger partial charge in [0.25, 0.3) is 0 Å². The summed E-state index contributed by atoms with van der Waals surface area (Å²) in [4.78, 5) is 0. The van der Waals surface area contributed by atoms with Crippen molar-refractivity contribution in [3.05, 3.63) is 0 Å². The lowest BCUT2D eigenvalue weighted by Gasteiger charge is -2.08. The van der Waals surface area contributed by atoms with Gasteiger partial charge in [-0.05, 0) is 0 Å². The summed E-state index contributed by atoms with van der Waals surface area (Å²) in [6.07, 6.45) is -0.947. The van der Waals surface area contributed by atoms with E-state index in [0.717, 1.165) is 12.3 Å². The molecule has 2 fully saturated rings. The second-order valence-electron chi connectivity index (χ2n) is 2.31. The Balaban J connectivity index is 1.99. The van der Waals surface area contributed by atoms with Crippen LogP contribution in [0.25, 0.3) is 0 Å². The van der Waals surface area contributed by atoms with Crippen LogP contribution >= 0.6 is 12.3 Å². The van der Waals surface area contributed by atoms with Crippen molar-refractivity contribution in [2.45, 2.75) is 12.2 Å². The van der Waals surface area contributed by atoms with Gasteiger partial charge in [-0.25, -0.2) is 8.37 Å². The van der Waals surface area contributed by atoms with E-state index >= 15 is 0 Å². The molecule has 0 amide bonds. The zero-order chi connectivity index (χ0) is 8.60. The minimum absolute atomic E-state index is 0.00306. The maximum atomic E-state index is 10.7. The first-order valence-electron chi connectivity index (χ1n) is 3.20. The highest BCUT2D eigenvalue weighted by atomic mass is 32.3. The van der Waals surface area contributed by atoms with Crippen molar-refractivity contribution in [2.24, 2.45) is 0 Å². The van der Waals surface area contributed by atoms with Crippen molar-refractivity contribution < 1.29 is 25.2 Å². The summed E-state index contributed by atoms with van der Waals surface area (Å²) >= 11 is 0.839. The SMILES string of the molecule is O=S1(=O)OCC(C2COSO2)O1. The largest absolute Gasteiger partial charge is 0.400 e. The third kappa shape index (κ3) is 1.73. The molecular formula is C4H6O6S2. The molecule has 8 heteroatoms. The minimum Gasteiger partial charge on any atom is -0.288 e. The molecule has 12 heavy (non-hydrogen) atoms. The maximum absolute atomic E-state index is 10.7. The molecule has 0 aromatic carbocycles. The van der Waals surface area contributed by atoms with Crippen molar-refractivity contribution in [2.75, 3.05) is 13.2 Å². The fourth-order valence-electron chi connectivity index (χ4n) is 0.897. The Morgan fingerprint density at radius 2 is 2.08 bits per heavy atom. The van der Waals surface area contributed by atoms with Gasteiger partial charge in [-0.15, -0.1) is 0 Å². The molecule has 2 heterocycles. The molecule has 2 saturated heterocycles. The molecule has 0 N–H and O–H groups in total. The van der Waals surface area contributed by atoms with E-state index in [4.69, 9.17) is 8.37 Å². The van der Waals surface area contributed by atoms with Crippen LogP contribution in [-0.4, -0.2) is 33.8 Å². The lowest BCUT2D eigenvalue weighted by molar-refractivity contribution is 0.0878. The van der Waals surface area contributed by atoms with Crippen LogP contribution in [0.3, 0.4) is 0 Å².